The molecule has 192 valence electrons. The third kappa shape index (κ3) is 7.61. The second-order valence-electron chi connectivity index (χ2n) is 8.82. The molecule has 36 heavy (non-hydrogen) atoms. The van der Waals surface area contributed by atoms with Gasteiger partial charge in [-0.25, -0.2) is 0 Å². The zero-order valence-corrected chi connectivity index (χ0v) is 21.4. The monoisotopic (exact) mass is 511 g/mol. The Morgan fingerprint density at radius 2 is 1.97 bits per heavy atom. The maximum absolute atomic E-state index is 12.9. The summed E-state index contributed by atoms with van der Waals surface area (Å²) in [6, 6.07) is 11.3. The molecule has 0 spiro atoms. The van der Waals surface area contributed by atoms with E-state index in [-0.39, 0.29) is 35.4 Å². The van der Waals surface area contributed by atoms with Crippen molar-refractivity contribution >= 4 is 40.9 Å². The molecule has 2 aliphatic heterocycles. The van der Waals surface area contributed by atoms with Crippen molar-refractivity contribution in [2.45, 2.75) is 43.2 Å². The summed E-state index contributed by atoms with van der Waals surface area (Å²) in [6.07, 6.45) is 3.09. The molecular formula is C25H33N7O3S. The van der Waals surface area contributed by atoms with Crippen LogP contribution in [0, 0.1) is 28.6 Å². The fourth-order valence-corrected chi connectivity index (χ4v) is 6.04. The number of nitrogens with one attached hydrogen (secondary N) is 3. The Kier molecular flexibility index (Phi) is 10.4. The van der Waals surface area contributed by atoms with E-state index in [0.717, 1.165) is 37.3 Å². The van der Waals surface area contributed by atoms with Crippen LogP contribution in [0.1, 0.15) is 32.6 Å². The Hall–Kier alpha value is -3.28. The standard InChI is InChI=1S/C25H33N7O3S/c1-2-32-23(14-18(16-27)24(34)29-11-9-26)36-21(25(32)35)8-10-28-19-6-5-7-20(15-19)30-22(33)17-31-12-3-4-13-31/h5-7,15,18,21,23,28H,2-4,8,10-14,17H2,1H3,(H,29,34)(H,30,33). The van der Waals surface area contributed by atoms with E-state index in [0.29, 0.717) is 26.1 Å². The minimum absolute atomic E-state index is 0.00588. The van der Waals surface area contributed by atoms with Gasteiger partial charge in [0, 0.05) is 30.9 Å². The van der Waals surface area contributed by atoms with E-state index >= 15 is 0 Å². The van der Waals surface area contributed by atoms with Gasteiger partial charge in [-0.05, 0) is 57.5 Å². The number of nitrogens with zero attached hydrogens (tertiary/aromatic N) is 4. The van der Waals surface area contributed by atoms with Crippen molar-refractivity contribution in [3.05, 3.63) is 24.3 Å². The van der Waals surface area contributed by atoms with Gasteiger partial charge in [-0.15, -0.1) is 11.8 Å². The molecule has 3 N–H and O–H groups in total. The highest BCUT2D eigenvalue weighted by molar-refractivity contribution is 8.01. The highest BCUT2D eigenvalue weighted by Gasteiger charge is 2.40. The average molecular weight is 512 g/mol. The van der Waals surface area contributed by atoms with Crippen LogP contribution in [0.4, 0.5) is 11.4 Å². The molecule has 3 amide bonds. The molecule has 1 aromatic carbocycles. The zero-order valence-electron chi connectivity index (χ0n) is 20.5. The molecule has 2 fully saturated rings. The number of likely N-dealkylation sites (tertiary alicyclic amines) is 1. The van der Waals surface area contributed by atoms with Gasteiger partial charge in [-0.3, -0.25) is 19.3 Å². The van der Waals surface area contributed by atoms with Gasteiger partial charge >= 0.3 is 0 Å². The molecule has 2 heterocycles. The van der Waals surface area contributed by atoms with E-state index in [1.807, 2.05) is 43.3 Å². The topological polar surface area (TPSA) is 141 Å². The lowest BCUT2D eigenvalue weighted by atomic mass is 10.1. The molecule has 2 aliphatic rings. The van der Waals surface area contributed by atoms with Crippen molar-refractivity contribution in [2.75, 3.05) is 49.9 Å². The minimum atomic E-state index is -0.919. The van der Waals surface area contributed by atoms with Crippen LogP contribution in [0.15, 0.2) is 24.3 Å². The van der Waals surface area contributed by atoms with Gasteiger partial charge in [0.05, 0.1) is 29.3 Å². The first-order valence-corrected chi connectivity index (χ1v) is 13.3. The van der Waals surface area contributed by atoms with Crippen molar-refractivity contribution in [2.24, 2.45) is 5.92 Å². The first-order chi connectivity index (χ1) is 17.4. The number of benzene rings is 1. The van der Waals surface area contributed by atoms with Crippen molar-refractivity contribution in [3.63, 3.8) is 0 Å². The van der Waals surface area contributed by atoms with Crippen LogP contribution >= 0.6 is 11.8 Å². The Labute approximate surface area is 216 Å². The van der Waals surface area contributed by atoms with E-state index in [1.165, 1.54) is 11.8 Å². The van der Waals surface area contributed by atoms with Crippen molar-refractivity contribution in [3.8, 4) is 12.1 Å². The molecule has 11 heteroatoms. The second kappa shape index (κ2) is 13.7. The molecule has 0 radical (unpaired) electrons. The van der Waals surface area contributed by atoms with Gasteiger partial charge in [-0.1, -0.05) is 6.07 Å². The summed E-state index contributed by atoms with van der Waals surface area (Å²) < 4.78 is 0. The highest BCUT2D eigenvalue weighted by Crippen LogP contribution is 2.37. The predicted molar refractivity (Wildman–Crippen MR) is 139 cm³/mol. The first-order valence-electron chi connectivity index (χ1n) is 12.3. The molecule has 0 aliphatic carbocycles. The number of anilines is 2. The maximum Gasteiger partial charge on any atom is 0.238 e. The number of carbonyl (C=O) groups excluding carboxylic acids is 3. The lowest BCUT2D eigenvalue weighted by Crippen LogP contribution is -2.38. The summed E-state index contributed by atoms with van der Waals surface area (Å²) in [4.78, 5) is 41.2. The van der Waals surface area contributed by atoms with Gasteiger partial charge < -0.3 is 20.9 Å². The van der Waals surface area contributed by atoms with Crippen LogP contribution in [-0.4, -0.2) is 77.4 Å². The number of hydrogen-bond donors (Lipinski definition) is 3. The van der Waals surface area contributed by atoms with Crippen molar-refractivity contribution in [1.29, 1.82) is 10.5 Å². The summed E-state index contributed by atoms with van der Waals surface area (Å²) in [5.74, 6) is -1.42. The largest absolute Gasteiger partial charge is 0.385 e. The van der Waals surface area contributed by atoms with Gasteiger partial charge in [0.2, 0.25) is 17.7 Å². The van der Waals surface area contributed by atoms with E-state index in [2.05, 4.69) is 20.9 Å². The fourth-order valence-electron chi connectivity index (χ4n) is 4.45. The molecule has 10 nitrogen and oxygen atoms in total. The van der Waals surface area contributed by atoms with Crippen LogP contribution < -0.4 is 16.0 Å². The smallest absolute Gasteiger partial charge is 0.238 e. The minimum Gasteiger partial charge on any atom is -0.385 e. The van der Waals surface area contributed by atoms with Crippen LogP contribution in [0.5, 0.6) is 0 Å². The predicted octanol–water partition coefficient (Wildman–Crippen LogP) is 1.98. The Bertz CT molecular complexity index is 1020. The lowest BCUT2D eigenvalue weighted by Gasteiger charge is -2.23. The molecule has 2 saturated heterocycles. The van der Waals surface area contributed by atoms with Gasteiger partial charge in [-0.2, -0.15) is 10.5 Å². The Morgan fingerprint density at radius 1 is 1.22 bits per heavy atom. The number of nitriles is 2. The van der Waals surface area contributed by atoms with Gasteiger partial charge in [0.15, 0.2) is 0 Å². The molecule has 0 bridgehead atoms. The molecular weight excluding hydrogens is 478 g/mol. The summed E-state index contributed by atoms with van der Waals surface area (Å²) in [5.41, 5.74) is 1.58. The summed E-state index contributed by atoms with van der Waals surface area (Å²) in [7, 11) is 0. The SMILES string of the molecule is CCN1C(=O)C(CCNc2cccc(NC(=O)CN3CCCC3)c2)SC1CC(C#N)C(=O)NCC#N. The third-order valence-electron chi connectivity index (χ3n) is 6.27. The van der Waals surface area contributed by atoms with E-state index in [4.69, 9.17) is 5.26 Å². The highest BCUT2D eigenvalue weighted by atomic mass is 32.2. The average Bonchev–Trinajstić information content (AvgIpc) is 3.48. The van der Waals surface area contributed by atoms with Crippen molar-refractivity contribution in [1.82, 2.24) is 15.1 Å². The maximum atomic E-state index is 12.9. The van der Waals surface area contributed by atoms with Crippen LogP contribution in [-0.2, 0) is 14.4 Å². The number of thioether (sulfide) groups is 1. The molecule has 0 saturated carbocycles. The molecule has 3 rings (SSSR count). The first kappa shape index (κ1) is 27.3. The summed E-state index contributed by atoms with van der Waals surface area (Å²) in [5, 5.41) is 26.2. The summed E-state index contributed by atoms with van der Waals surface area (Å²) in [6.45, 7) is 5.13. The number of hydrogen-bond acceptors (Lipinski definition) is 8. The van der Waals surface area contributed by atoms with Gasteiger partial charge in [0.25, 0.3) is 0 Å². The third-order valence-corrected chi connectivity index (χ3v) is 7.79. The van der Waals surface area contributed by atoms with Crippen LogP contribution in [0.25, 0.3) is 0 Å². The Morgan fingerprint density at radius 3 is 2.67 bits per heavy atom. The van der Waals surface area contributed by atoms with E-state index in [1.54, 1.807) is 4.90 Å². The molecule has 1 aromatic rings. The molecule has 3 atom stereocenters. The summed E-state index contributed by atoms with van der Waals surface area (Å²) >= 11 is 1.48. The van der Waals surface area contributed by atoms with Gasteiger partial charge in [0.1, 0.15) is 12.5 Å². The normalized spacial score (nSPS) is 20.4. The number of carbonyl (C=O) groups is 3. The second-order valence-corrected chi connectivity index (χ2v) is 10.2. The lowest BCUT2D eigenvalue weighted by molar-refractivity contribution is -0.131. The quantitative estimate of drug-likeness (QED) is 0.362. The van der Waals surface area contributed by atoms with Crippen LogP contribution in [0.3, 0.4) is 0 Å². The fraction of sp³-hybridized carbons (Fsp3) is 0.560. The zero-order chi connectivity index (χ0) is 25.9. The van der Waals surface area contributed by atoms with E-state index < -0.39 is 11.8 Å². The van der Waals surface area contributed by atoms with E-state index in [9.17, 15) is 19.6 Å². The number of amides is 3. The van der Waals surface area contributed by atoms with Crippen molar-refractivity contribution < 1.29 is 14.4 Å². The molecule has 0 aromatic heterocycles. The number of rotatable bonds is 12. The molecule has 3 unspecified atom stereocenters. The van der Waals surface area contributed by atoms with Crippen LogP contribution in [0.2, 0.25) is 0 Å². The Balaban J connectivity index is 1.49.